The molecule has 0 fully saturated rings. The van der Waals surface area contributed by atoms with Gasteiger partial charge in [-0.2, -0.15) is 0 Å². The predicted octanol–water partition coefficient (Wildman–Crippen LogP) is 3.55. The molecule has 0 saturated heterocycles. The highest BCUT2D eigenvalue weighted by molar-refractivity contribution is 14.1. The van der Waals surface area contributed by atoms with Crippen molar-refractivity contribution in [1.82, 2.24) is 0 Å². The van der Waals surface area contributed by atoms with E-state index in [0.29, 0.717) is 6.79 Å². The number of hydrogen-bond acceptors (Lipinski definition) is 2. The SMILES string of the molecule is CCCCOCOCC/C=C/CCI. The summed E-state index contributed by atoms with van der Waals surface area (Å²) in [5.41, 5.74) is 0. The Morgan fingerprint density at radius 3 is 2.50 bits per heavy atom. The van der Waals surface area contributed by atoms with E-state index in [0.717, 1.165) is 32.5 Å². The van der Waals surface area contributed by atoms with E-state index in [-0.39, 0.29) is 0 Å². The van der Waals surface area contributed by atoms with Crippen molar-refractivity contribution in [2.24, 2.45) is 0 Å². The molecule has 2 nitrogen and oxygen atoms in total. The average molecular weight is 312 g/mol. The smallest absolute Gasteiger partial charge is 0.146 e. The molecule has 0 amide bonds. The predicted molar refractivity (Wildman–Crippen MR) is 68.9 cm³/mol. The zero-order chi connectivity index (χ0) is 10.5. The molecule has 0 radical (unpaired) electrons. The molecule has 0 bridgehead atoms. The van der Waals surface area contributed by atoms with E-state index in [4.69, 9.17) is 9.47 Å². The molecule has 0 heterocycles. The van der Waals surface area contributed by atoms with Crippen LogP contribution in [-0.4, -0.2) is 24.4 Å². The first kappa shape index (κ1) is 14.4. The lowest BCUT2D eigenvalue weighted by atomic mass is 10.3. The van der Waals surface area contributed by atoms with Crippen LogP contribution in [0.15, 0.2) is 12.2 Å². The third kappa shape index (κ3) is 12.4. The maximum absolute atomic E-state index is 5.29. The maximum Gasteiger partial charge on any atom is 0.146 e. The topological polar surface area (TPSA) is 18.5 Å². The summed E-state index contributed by atoms with van der Waals surface area (Å²) in [5, 5.41) is 0. The van der Waals surface area contributed by atoms with E-state index >= 15 is 0 Å². The van der Waals surface area contributed by atoms with Gasteiger partial charge in [0, 0.05) is 11.0 Å². The normalized spacial score (nSPS) is 11.3. The lowest BCUT2D eigenvalue weighted by Crippen LogP contribution is -2.02. The molecule has 0 unspecified atom stereocenters. The summed E-state index contributed by atoms with van der Waals surface area (Å²) in [7, 11) is 0. The van der Waals surface area contributed by atoms with Crippen molar-refractivity contribution in [3.05, 3.63) is 12.2 Å². The first-order valence-electron chi connectivity index (χ1n) is 5.28. The summed E-state index contributed by atoms with van der Waals surface area (Å²) in [5.74, 6) is 0. The number of alkyl halides is 1. The molecule has 0 aromatic heterocycles. The molecule has 14 heavy (non-hydrogen) atoms. The van der Waals surface area contributed by atoms with Crippen LogP contribution in [0.2, 0.25) is 0 Å². The Morgan fingerprint density at radius 1 is 1.07 bits per heavy atom. The summed E-state index contributed by atoms with van der Waals surface area (Å²) < 4.78 is 11.7. The Kier molecular flexibility index (Phi) is 13.8. The minimum Gasteiger partial charge on any atom is -0.355 e. The Labute approximate surface area is 101 Å². The second-order valence-corrected chi connectivity index (χ2v) is 4.10. The first-order chi connectivity index (χ1) is 6.91. The summed E-state index contributed by atoms with van der Waals surface area (Å²) in [6.45, 7) is 4.19. The van der Waals surface area contributed by atoms with E-state index in [1.54, 1.807) is 0 Å². The van der Waals surface area contributed by atoms with Gasteiger partial charge in [0.1, 0.15) is 6.79 Å². The van der Waals surface area contributed by atoms with Crippen molar-refractivity contribution in [1.29, 1.82) is 0 Å². The highest BCUT2D eigenvalue weighted by atomic mass is 127. The monoisotopic (exact) mass is 312 g/mol. The third-order valence-electron chi connectivity index (χ3n) is 1.68. The quantitative estimate of drug-likeness (QED) is 0.202. The molecule has 0 rings (SSSR count). The molecule has 3 heteroatoms. The van der Waals surface area contributed by atoms with Gasteiger partial charge in [-0.3, -0.25) is 0 Å². The molecular weight excluding hydrogens is 291 g/mol. The Hall–Kier alpha value is 0.390. The minimum atomic E-state index is 0.445. The number of halogens is 1. The van der Waals surface area contributed by atoms with Crippen LogP contribution in [0, 0.1) is 0 Å². The van der Waals surface area contributed by atoms with E-state index < -0.39 is 0 Å². The van der Waals surface area contributed by atoms with E-state index in [9.17, 15) is 0 Å². The number of hydrogen-bond donors (Lipinski definition) is 0. The third-order valence-corrected chi connectivity index (χ3v) is 2.30. The van der Waals surface area contributed by atoms with Gasteiger partial charge < -0.3 is 9.47 Å². The van der Waals surface area contributed by atoms with Gasteiger partial charge in [0.15, 0.2) is 0 Å². The standard InChI is InChI=1S/C11H21IO2/c1-2-3-9-13-11-14-10-7-5-4-6-8-12/h4-5H,2-3,6-11H2,1H3/b5-4+. The van der Waals surface area contributed by atoms with Gasteiger partial charge in [-0.05, 0) is 19.3 Å². The van der Waals surface area contributed by atoms with Crippen molar-refractivity contribution in [2.75, 3.05) is 24.4 Å². The second kappa shape index (κ2) is 13.4. The molecule has 0 atom stereocenters. The lowest BCUT2D eigenvalue weighted by Gasteiger charge is -2.03. The molecule has 0 aliphatic heterocycles. The van der Waals surface area contributed by atoms with Gasteiger partial charge in [-0.1, -0.05) is 48.1 Å². The highest BCUT2D eigenvalue weighted by Crippen LogP contribution is 1.93. The average Bonchev–Trinajstić information content (AvgIpc) is 2.21. The molecule has 0 aromatic rings. The number of allylic oxidation sites excluding steroid dienone is 1. The number of rotatable bonds is 10. The molecule has 84 valence electrons. The van der Waals surface area contributed by atoms with Crippen LogP contribution >= 0.6 is 22.6 Å². The second-order valence-electron chi connectivity index (χ2n) is 3.03. The summed E-state index contributed by atoms with van der Waals surface area (Å²) >= 11 is 2.37. The largest absolute Gasteiger partial charge is 0.355 e. The molecule has 0 N–H and O–H groups in total. The zero-order valence-corrected chi connectivity index (χ0v) is 11.2. The van der Waals surface area contributed by atoms with Crippen molar-refractivity contribution in [3.63, 3.8) is 0 Å². The van der Waals surface area contributed by atoms with Gasteiger partial charge in [0.25, 0.3) is 0 Å². The van der Waals surface area contributed by atoms with Crippen LogP contribution in [0.5, 0.6) is 0 Å². The zero-order valence-electron chi connectivity index (χ0n) is 9.01. The van der Waals surface area contributed by atoms with E-state index in [2.05, 4.69) is 41.7 Å². The van der Waals surface area contributed by atoms with Crippen molar-refractivity contribution in [2.45, 2.75) is 32.6 Å². The molecule has 0 aliphatic carbocycles. The minimum absolute atomic E-state index is 0.445. The first-order valence-corrected chi connectivity index (χ1v) is 6.80. The molecule has 0 aliphatic rings. The van der Waals surface area contributed by atoms with Crippen LogP contribution in [0.25, 0.3) is 0 Å². The number of unbranched alkanes of at least 4 members (excludes halogenated alkanes) is 1. The molecule has 0 spiro atoms. The fourth-order valence-electron chi connectivity index (χ4n) is 0.873. The van der Waals surface area contributed by atoms with Crippen molar-refractivity contribution in [3.8, 4) is 0 Å². The fraction of sp³-hybridized carbons (Fsp3) is 0.818. The summed E-state index contributed by atoms with van der Waals surface area (Å²) in [6, 6.07) is 0. The fourth-order valence-corrected chi connectivity index (χ4v) is 1.23. The highest BCUT2D eigenvalue weighted by Gasteiger charge is 1.87. The van der Waals surface area contributed by atoms with Gasteiger partial charge in [-0.15, -0.1) is 0 Å². The van der Waals surface area contributed by atoms with Crippen molar-refractivity contribution >= 4 is 22.6 Å². The van der Waals surface area contributed by atoms with Gasteiger partial charge in [0.05, 0.1) is 6.61 Å². The van der Waals surface area contributed by atoms with Crippen LogP contribution in [0.4, 0.5) is 0 Å². The lowest BCUT2D eigenvalue weighted by molar-refractivity contribution is -0.0528. The van der Waals surface area contributed by atoms with Gasteiger partial charge in [0.2, 0.25) is 0 Å². The number of ether oxygens (including phenoxy) is 2. The summed E-state index contributed by atoms with van der Waals surface area (Å²) in [6.07, 6.45) is 8.83. The Balaban J connectivity index is 2.91. The molecule has 0 saturated carbocycles. The Bertz CT molecular complexity index is 126. The van der Waals surface area contributed by atoms with E-state index in [1.165, 1.54) is 10.8 Å². The van der Waals surface area contributed by atoms with Gasteiger partial charge >= 0.3 is 0 Å². The van der Waals surface area contributed by atoms with E-state index in [1.807, 2.05) is 0 Å². The van der Waals surface area contributed by atoms with Crippen LogP contribution in [0.3, 0.4) is 0 Å². The van der Waals surface area contributed by atoms with Gasteiger partial charge in [-0.25, -0.2) is 0 Å². The van der Waals surface area contributed by atoms with Crippen LogP contribution in [-0.2, 0) is 9.47 Å². The van der Waals surface area contributed by atoms with Crippen molar-refractivity contribution < 1.29 is 9.47 Å². The van der Waals surface area contributed by atoms with Crippen LogP contribution < -0.4 is 0 Å². The maximum atomic E-state index is 5.29. The molecule has 0 aromatic carbocycles. The Morgan fingerprint density at radius 2 is 1.79 bits per heavy atom. The van der Waals surface area contributed by atoms with Crippen LogP contribution in [0.1, 0.15) is 32.6 Å². The molecular formula is C11H21IO2. The summed E-state index contributed by atoms with van der Waals surface area (Å²) in [4.78, 5) is 0.